The molecule has 5 rings (SSSR count). The molecular formula is C30H27ClN4O5S. The monoisotopic (exact) mass is 590 g/mol. The van der Waals surface area contributed by atoms with Crippen LogP contribution in [0.1, 0.15) is 5.56 Å². The summed E-state index contributed by atoms with van der Waals surface area (Å²) in [7, 11) is -0.542. The zero-order valence-electron chi connectivity index (χ0n) is 22.3. The normalized spacial score (nSPS) is 11.2. The van der Waals surface area contributed by atoms with Crippen LogP contribution in [0.2, 0.25) is 5.02 Å². The van der Waals surface area contributed by atoms with Crippen LogP contribution in [0.25, 0.3) is 17.1 Å². The number of sulfonamides is 1. The van der Waals surface area contributed by atoms with Gasteiger partial charge in [0.05, 0.1) is 31.4 Å². The fraction of sp³-hybridized carbons (Fsp3) is 0.133. The molecule has 41 heavy (non-hydrogen) atoms. The largest absolute Gasteiger partial charge is 0.497 e. The van der Waals surface area contributed by atoms with Gasteiger partial charge in [-0.1, -0.05) is 23.7 Å². The van der Waals surface area contributed by atoms with Gasteiger partial charge in [-0.2, -0.15) is 4.98 Å². The van der Waals surface area contributed by atoms with Crippen LogP contribution >= 0.6 is 11.6 Å². The number of methoxy groups -OCH3 is 2. The highest BCUT2D eigenvalue weighted by atomic mass is 35.5. The first kappa shape index (κ1) is 28.0. The lowest BCUT2D eigenvalue weighted by molar-refractivity contribution is 0.296. The molecule has 0 aliphatic heterocycles. The van der Waals surface area contributed by atoms with Crippen molar-refractivity contribution in [3.8, 4) is 34.6 Å². The van der Waals surface area contributed by atoms with E-state index in [1.165, 1.54) is 24.3 Å². The van der Waals surface area contributed by atoms with Crippen molar-refractivity contribution in [1.82, 2.24) is 14.8 Å². The Balaban J connectivity index is 1.37. The lowest BCUT2D eigenvalue weighted by Crippen LogP contribution is -2.12. The van der Waals surface area contributed by atoms with Gasteiger partial charge in [0.25, 0.3) is 10.0 Å². The Kier molecular flexibility index (Phi) is 8.42. The SMILES string of the molecule is COc1ccc(CCOc2nc(-c3ccc(OC)cc3)n(-c3ccc(NS(=O)(=O)c4ccc(Cl)cc4)cc3)n2)cc1. The number of anilines is 1. The quantitative estimate of drug-likeness (QED) is 0.200. The summed E-state index contributed by atoms with van der Waals surface area (Å²) in [6, 6.07) is 28.2. The van der Waals surface area contributed by atoms with Crippen molar-refractivity contribution in [2.75, 3.05) is 25.5 Å². The van der Waals surface area contributed by atoms with Crippen molar-refractivity contribution in [3.63, 3.8) is 0 Å². The molecule has 0 spiro atoms. The van der Waals surface area contributed by atoms with Crippen molar-refractivity contribution in [2.45, 2.75) is 11.3 Å². The smallest absolute Gasteiger partial charge is 0.336 e. The molecule has 0 amide bonds. The first-order valence-electron chi connectivity index (χ1n) is 12.6. The average Bonchev–Trinajstić information content (AvgIpc) is 3.42. The molecule has 0 saturated carbocycles. The Labute approximate surface area is 243 Å². The van der Waals surface area contributed by atoms with E-state index >= 15 is 0 Å². The van der Waals surface area contributed by atoms with Gasteiger partial charge >= 0.3 is 6.01 Å². The first-order valence-corrected chi connectivity index (χ1v) is 14.5. The van der Waals surface area contributed by atoms with Crippen LogP contribution in [-0.4, -0.2) is 44.0 Å². The van der Waals surface area contributed by atoms with Gasteiger partial charge in [0, 0.05) is 22.7 Å². The molecule has 0 bridgehead atoms. The summed E-state index contributed by atoms with van der Waals surface area (Å²) in [4.78, 5) is 4.76. The van der Waals surface area contributed by atoms with E-state index in [2.05, 4.69) is 14.8 Å². The second-order valence-electron chi connectivity index (χ2n) is 8.91. The van der Waals surface area contributed by atoms with Crippen LogP contribution in [0.5, 0.6) is 17.5 Å². The standard InChI is InChI=1S/C30H27ClN4O5S/c1-38-26-13-3-21(4-14-26)19-20-40-30-32-29(22-5-15-27(39-2)16-6-22)35(33-30)25-11-9-24(10-12-25)34-41(36,37)28-17-7-23(31)8-18-28/h3-18,34H,19-20H2,1-2H3. The number of aromatic nitrogens is 3. The van der Waals surface area contributed by atoms with Crippen LogP contribution in [-0.2, 0) is 16.4 Å². The molecule has 210 valence electrons. The summed E-state index contributed by atoms with van der Waals surface area (Å²) in [5.41, 5.74) is 2.96. The van der Waals surface area contributed by atoms with Crippen molar-refractivity contribution in [1.29, 1.82) is 0 Å². The van der Waals surface area contributed by atoms with Gasteiger partial charge in [0.1, 0.15) is 11.5 Å². The van der Waals surface area contributed by atoms with E-state index in [1.54, 1.807) is 43.2 Å². The molecule has 4 aromatic carbocycles. The van der Waals surface area contributed by atoms with E-state index in [0.717, 1.165) is 16.9 Å². The zero-order valence-corrected chi connectivity index (χ0v) is 23.9. The molecule has 0 saturated heterocycles. The van der Waals surface area contributed by atoms with Crippen LogP contribution in [0.15, 0.2) is 102 Å². The number of halogens is 1. The van der Waals surface area contributed by atoms with Crippen molar-refractivity contribution < 1.29 is 22.6 Å². The molecule has 0 radical (unpaired) electrons. The summed E-state index contributed by atoms with van der Waals surface area (Å²) in [6.45, 7) is 0.379. The molecule has 1 aromatic heterocycles. The minimum atomic E-state index is -3.78. The summed E-state index contributed by atoms with van der Waals surface area (Å²) in [6.07, 6.45) is 0.666. The van der Waals surface area contributed by atoms with E-state index in [-0.39, 0.29) is 10.9 Å². The topological polar surface area (TPSA) is 105 Å². The Morgan fingerprint density at radius 2 is 1.41 bits per heavy atom. The van der Waals surface area contributed by atoms with Crippen LogP contribution < -0.4 is 18.9 Å². The number of nitrogens with zero attached hydrogens (tertiary/aromatic N) is 3. The predicted octanol–water partition coefficient (Wildman–Crippen LogP) is 6.03. The predicted molar refractivity (Wildman–Crippen MR) is 158 cm³/mol. The molecule has 0 aliphatic carbocycles. The van der Waals surface area contributed by atoms with Crippen LogP contribution in [0.4, 0.5) is 5.69 Å². The molecule has 11 heteroatoms. The summed E-state index contributed by atoms with van der Waals surface area (Å²) >= 11 is 5.89. The van der Waals surface area contributed by atoms with Gasteiger partial charge in [-0.05, 0) is 90.5 Å². The van der Waals surface area contributed by atoms with E-state index < -0.39 is 10.0 Å². The van der Waals surface area contributed by atoms with Gasteiger partial charge in [0.2, 0.25) is 0 Å². The van der Waals surface area contributed by atoms with Crippen LogP contribution in [0.3, 0.4) is 0 Å². The molecule has 0 aliphatic rings. The first-order chi connectivity index (χ1) is 19.8. The summed E-state index contributed by atoms with van der Waals surface area (Å²) in [5, 5.41) is 5.06. The van der Waals surface area contributed by atoms with E-state index in [9.17, 15) is 8.42 Å². The highest BCUT2D eigenvalue weighted by molar-refractivity contribution is 7.92. The highest BCUT2D eigenvalue weighted by Crippen LogP contribution is 2.27. The molecule has 1 heterocycles. The minimum absolute atomic E-state index is 0.112. The van der Waals surface area contributed by atoms with Crippen molar-refractivity contribution in [2.24, 2.45) is 0 Å². The molecule has 1 N–H and O–H groups in total. The van der Waals surface area contributed by atoms with Gasteiger partial charge in [-0.3, -0.25) is 4.72 Å². The highest BCUT2D eigenvalue weighted by Gasteiger charge is 2.17. The number of rotatable bonds is 11. The molecule has 9 nitrogen and oxygen atoms in total. The van der Waals surface area contributed by atoms with Crippen molar-refractivity contribution >= 4 is 27.3 Å². The third-order valence-corrected chi connectivity index (χ3v) is 7.85. The molecule has 0 fully saturated rings. The van der Waals surface area contributed by atoms with Gasteiger partial charge in [-0.15, -0.1) is 5.10 Å². The zero-order chi connectivity index (χ0) is 28.8. The minimum Gasteiger partial charge on any atom is -0.497 e. The molecule has 0 unspecified atom stereocenters. The Bertz CT molecular complexity index is 1710. The number of hydrogen-bond acceptors (Lipinski definition) is 7. The number of benzene rings is 4. The van der Waals surface area contributed by atoms with Crippen LogP contribution in [0, 0.1) is 0 Å². The molecule has 5 aromatic rings. The maximum absolute atomic E-state index is 12.8. The fourth-order valence-electron chi connectivity index (χ4n) is 4.01. The lowest BCUT2D eigenvalue weighted by Gasteiger charge is -2.10. The second kappa shape index (κ2) is 12.3. The number of nitrogens with one attached hydrogen (secondary N) is 1. The fourth-order valence-corrected chi connectivity index (χ4v) is 5.20. The van der Waals surface area contributed by atoms with Gasteiger partial charge in [-0.25, -0.2) is 13.1 Å². The summed E-state index contributed by atoms with van der Waals surface area (Å²) < 4.78 is 46.2. The lowest BCUT2D eigenvalue weighted by atomic mass is 10.1. The van der Waals surface area contributed by atoms with Gasteiger partial charge in [0.15, 0.2) is 5.82 Å². The van der Waals surface area contributed by atoms with E-state index in [4.69, 9.17) is 25.8 Å². The molecular weight excluding hydrogens is 564 g/mol. The molecule has 0 atom stereocenters. The van der Waals surface area contributed by atoms with E-state index in [1.807, 2.05) is 48.5 Å². The Morgan fingerprint density at radius 3 is 2.02 bits per heavy atom. The summed E-state index contributed by atoms with van der Waals surface area (Å²) in [5.74, 6) is 2.07. The van der Waals surface area contributed by atoms with Gasteiger partial charge < -0.3 is 14.2 Å². The van der Waals surface area contributed by atoms with Crippen molar-refractivity contribution in [3.05, 3.63) is 108 Å². The third kappa shape index (κ3) is 6.79. The third-order valence-electron chi connectivity index (χ3n) is 6.20. The number of hydrogen-bond donors (Lipinski definition) is 1. The van der Waals surface area contributed by atoms with E-state index in [0.29, 0.717) is 41.0 Å². The second-order valence-corrected chi connectivity index (χ2v) is 11.0. The Morgan fingerprint density at radius 1 is 0.805 bits per heavy atom. The average molecular weight is 591 g/mol. The maximum Gasteiger partial charge on any atom is 0.336 e. The Hall–Kier alpha value is -4.54. The number of ether oxygens (including phenoxy) is 3. The maximum atomic E-state index is 12.8.